The molecule has 31 heavy (non-hydrogen) atoms. The van der Waals surface area contributed by atoms with Crippen molar-refractivity contribution in [3.05, 3.63) is 51.8 Å². The number of hydrogen-bond acceptors (Lipinski definition) is 7. The van der Waals surface area contributed by atoms with Gasteiger partial charge in [-0.25, -0.2) is 9.97 Å². The average molecular weight is 502 g/mol. The van der Waals surface area contributed by atoms with E-state index in [2.05, 4.69) is 62.3 Å². The number of rotatable bonds is 5. The molecule has 3 aromatic heterocycles. The highest BCUT2D eigenvalue weighted by atomic mass is 79.9. The molecule has 1 aliphatic heterocycles. The molecule has 0 saturated carbocycles. The van der Waals surface area contributed by atoms with E-state index in [1.165, 1.54) is 5.69 Å². The average Bonchev–Trinajstić information content (AvgIpc) is 3.20. The number of anilines is 2. The van der Waals surface area contributed by atoms with Crippen LogP contribution < -0.4 is 10.1 Å². The highest BCUT2D eigenvalue weighted by Crippen LogP contribution is 2.35. The van der Waals surface area contributed by atoms with Crippen LogP contribution in [0.4, 0.5) is 10.9 Å². The van der Waals surface area contributed by atoms with Crippen LogP contribution >= 0.6 is 27.3 Å². The first-order chi connectivity index (χ1) is 14.8. The number of likely N-dealkylation sites (tertiary alicyclic amines) is 1. The highest BCUT2D eigenvalue weighted by molar-refractivity contribution is 9.10. The zero-order valence-electron chi connectivity index (χ0n) is 18.4. The molecule has 6 nitrogen and oxygen atoms in total. The molecule has 8 heteroatoms. The Labute approximate surface area is 196 Å². The van der Waals surface area contributed by atoms with Crippen molar-refractivity contribution in [3.8, 4) is 11.5 Å². The summed E-state index contributed by atoms with van der Waals surface area (Å²) in [6.07, 6.45) is 5.79. The third-order valence-corrected chi connectivity index (χ3v) is 6.99. The third-order valence-electron chi connectivity index (χ3n) is 5.62. The molecule has 0 spiro atoms. The Hall–Kier alpha value is -2.03. The number of piperidine rings is 1. The van der Waals surface area contributed by atoms with Gasteiger partial charge in [0, 0.05) is 35.3 Å². The van der Waals surface area contributed by atoms with E-state index in [1.54, 1.807) is 23.7 Å². The Kier molecular flexibility index (Phi) is 6.60. The van der Waals surface area contributed by atoms with E-state index in [4.69, 9.17) is 9.72 Å². The maximum absolute atomic E-state index is 6.05. The minimum atomic E-state index is 0.237. The van der Waals surface area contributed by atoms with E-state index in [-0.39, 0.29) is 5.54 Å². The molecule has 0 radical (unpaired) electrons. The number of halogens is 1. The van der Waals surface area contributed by atoms with Crippen molar-refractivity contribution >= 4 is 38.2 Å². The van der Waals surface area contributed by atoms with Crippen molar-refractivity contribution in [2.75, 3.05) is 18.4 Å². The fourth-order valence-corrected chi connectivity index (χ4v) is 4.85. The van der Waals surface area contributed by atoms with E-state index in [0.29, 0.717) is 17.5 Å². The smallest absolute Gasteiger partial charge is 0.188 e. The second kappa shape index (κ2) is 9.22. The summed E-state index contributed by atoms with van der Waals surface area (Å²) >= 11 is 5.14. The summed E-state index contributed by atoms with van der Waals surface area (Å²) in [5.41, 5.74) is 2.25. The van der Waals surface area contributed by atoms with Crippen LogP contribution in [0.25, 0.3) is 0 Å². The molecule has 1 aliphatic rings. The number of nitrogens with zero attached hydrogens (tertiary/aromatic N) is 4. The van der Waals surface area contributed by atoms with Gasteiger partial charge in [-0.1, -0.05) is 0 Å². The number of thiazole rings is 1. The van der Waals surface area contributed by atoms with E-state index in [9.17, 15) is 0 Å². The fraction of sp³-hybridized carbons (Fsp3) is 0.435. The number of ether oxygens (including phenoxy) is 1. The van der Waals surface area contributed by atoms with Gasteiger partial charge in [0.25, 0.3) is 0 Å². The molecule has 1 N–H and O–H groups in total. The molecule has 4 rings (SSSR count). The SMILES string of the molecule is Cc1ncccc1Oc1cc(Nc2nc(C3CCN(C(C)(C)C)CC3)cs2)ncc1Br. The second-order valence-corrected chi connectivity index (χ2v) is 10.5. The van der Waals surface area contributed by atoms with Crippen LogP contribution in [0.2, 0.25) is 0 Å². The Morgan fingerprint density at radius 1 is 1.19 bits per heavy atom. The van der Waals surface area contributed by atoms with Gasteiger partial charge in [0.2, 0.25) is 0 Å². The first kappa shape index (κ1) is 22.2. The Morgan fingerprint density at radius 2 is 1.97 bits per heavy atom. The van der Waals surface area contributed by atoms with Gasteiger partial charge in [0.05, 0.1) is 15.9 Å². The van der Waals surface area contributed by atoms with Gasteiger partial charge in [0.1, 0.15) is 17.3 Å². The van der Waals surface area contributed by atoms with Crippen LogP contribution in [0.5, 0.6) is 11.5 Å². The molecule has 0 bridgehead atoms. The van der Waals surface area contributed by atoms with E-state index in [1.807, 2.05) is 25.1 Å². The van der Waals surface area contributed by atoms with Gasteiger partial charge < -0.3 is 10.1 Å². The number of aromatic nitrogens is 3. The Bertz CT molecular complexity index is 1040. The molecule has 0 aromatic carbocycles. The Balaban J connectivity index is 1.43. The molecule has 3 aromatic rings. The summed E-state index contributed by atoms with van der Waals surface area (Å²) in [5.74, 6) is 2.62. The van der Waals surface area contributed by atoms with Crippen LogP contribution in [0.1, 0.15) is 50.9 Å². The number of pyridine rings is 2. The summed E-state index contributed by atoms with van der Waals surface area (Å²) in [6.45, 7) is 11.0. The molecule has 1 saturated heterocycles. The standard InChI is InChI=1S/C23H28BrN5OS/c1-15-19(6-5-9-25-15)30-20-12-21(26-13-17(20)24)28-22-27-18(14-31-22)16-7-10-29(11-8-16)23(2,3)4/h5-6,9,12-14,16H,7-8,10-11H2,1-4H3,(H,26,27,28). The third kappa shape index (κ3) is 5.42. The molecule has 0 atom stereocenters. The van der Waals surface area contributed by atoms with Crippen LogP contribution in [0.15, 0.2) is 40.4 Å². The zero-order valence-corrected chi connectivity index (χ0v) is 20.8. The van der Waals surface area contributed by atoms with Gasteiger partial charge in [-0.15, -0.1) is 11.3 Å². The maximum Gasteiger partial charge on any atom is 0.188 e. The zero-order chi connectivity index (χ0) is 22.0. The highest BCUT2D eigenvalue weighted by Gasteiger charge is 2.28. The van der Waals surface area contributed by atoms with E-state index in [0.717, 1.165) is 47.0 Å². The minimum Gasteiger partial charge on any atom is -0.454 e. The van der Waals surface area contributed by atoms with Gasteiger partial charge in [-0.05, 0) is 81.7 Å². The topological polar surface area (TPSA) is 63.2 Å². The predicted octanol–water partition coefficient (Wildman–Crippen LogP) is 6.52. The molecule has 4 heterocycles. The Morgan fingerprint density at radius 3 is 2.68 bits per heavy atom. The first-order valence-corrected chi connectivity index (χ1v) is 12.2. The quantitative estimate of drug-likeness (QED) is 0.429. The van der Waals surface area contributed by atoms with Gasteiger partial charge in [-0.2, -0.15) is 0 Å². The molecular formula is C23H28BrN5OS. The van der Waals surface area contributed by atoms with Crippen LogP contribution in [0.3, 0.4) is 0 Å². The largest absolute Gasteiger partial charge is 0.454 e. The lowest BCUT2D eigenvalue weighted by Crippen LogP contribution is -2.45. The maximum atomic E-state index is 6.05. The van der Waals surface area contributed by atoms with Gasteiger partial charge in [-0.3, -0.25) is 9.88 Å². The molecule has 1 fully saturated rings. The lowest BCUT2D eigenvalue weighted by Gasteiger charge is -2.40. The summed E-state index contributed by atoms with van der Waals surface area (Å²) in [5, 5.41) is 6.36. The van der Waals surface area contributed by atoms with Crippen molar-refractivity contribution in [1.29, 1.82) is 0 Å². The second-order valence-electron chi connectivity index (χ2n) is 8.82. The van der Waals surface area contributed by atoms with Crippen LogP contribution in [-0.4, -0.2) is 38.5 Å². The van der Waals surface area contributed by atoms with E-state index < -0.39 is 0 Å². The molecule has 0 aliphatic carbocycles. The van der Waals surface area contributed by atoms with Crippen molar-refractivity contribution in [2.24, 2.45) is 0 Å². The summed E-state index contributed by atoms with van der Waals surface area (Å²) in [4.78, 5) is 16.2. The lowest BCUT2D eigenvalue weighted by atomic mass is 9.91. The summed E-state index contributed by atoms with van der Waals surface area (Å²) < 4.78 is 6.83. The molecule has 0 unspecified atom stereocenters. The first-order valence-electron chi connectivity index (χ1n) is 10.5. The fourth-order valence-electron chi connectivity index (χ4n) is 3.75. The van der Waals surface area contributed by atoms with Gasteiger partial charge >= 0.3 is 0 Å². The normalized spacial score (nSPS) is 15.8. The number of hydrogen-bond donors (Lipinski definition) is 1. The van der Waals surface area contributed by atoms with Crippen LogP contribution in [-0.2, 0) is 0 Å². The van der Waals surface area contributed by atoms with Crippen molar-refractivity contribution in [3.63, 3.8) is 0 Å². The predicted molar refractivity (Wildman–Crippen MR) is 130 cm³/mol. The van der Waals surface area contributed by atoms with Crippen molar-refractivity contribution in [1.82, 2.24) is 19.9 Å². The minimum absolute atomic E-state index is 0.237. The number of nitrogens with one attached hydrogen (secondary N) is 1. The summed E-state index contributed by atoms with van der Waals surface area (Å²) in [7, 11) is 0. The number of aryl methyl sites for hydroxylation is 1. The molecule has 164 valence electrons. The van der Waals surface area contributed by atoms with Crippen molar-refractivity contribution in [2.45, 2.75) is 52.0 Å². The monoisotopic (exact) mass is 501 g/mol. The van der Waals surface area contributed by atoms with Crippen LogP contribution in [0, 0.1) is 6.92 Å². The lowest BCUT2D eigenvalue weighted by molar-refractivity contribution is 0.102. The van der Waals surface area contributed by atoms with Crippen molar-refractivity contribution < 1.29 is 4.74 Å². The summed E-state index contributed by atoms with van der Waals surface area (Å²) in [6, 6.07) is 5.64. The molecule has 0 amide bonds. The van der Waals surface area contributed by atoms with Gasteiger partial charge in [0.15, 0.2) is 5.13 Å². The van der Waals surface area contributed by atoms with E-state index >= 15 is 0 Å². The molecular weight excluding hydrogens is 474 g/mol.